The second kappa shape index (κ2) is 9.13. The molecule has 0 saturated carbocycles. The highest BCUT2D eigenvalue weighted by Crippen LogP contribution is 2.28. The summed E-state index contributed by atoms with van der Waals surface area (Å²) in [4.78, 5) is 17.9. The van der Waals surface area contributed by atoms with Crippen LogP contribution >= 0.6 is 11.3 Å². The standard InChI is InChI=1S/C22H24FN3O4S2/c1-3-25-18-12-9-16(30-4-2)14-20(18)31-22(25)24-21(27)19-6-5-13-26(19)32(28,29)17-10-7-15(23)8-11-17/h7-12,14,19H,3-6,13H2,1-2H3. The molecular weight excluding hydrogens is 453 g/mol. The number of sulfonamides is 1. The van der Waals surface area contributed by atoms with Crippen molar-refractivity contribution < 1.29 is 22.3 Å². The molecule has 10 heteroatoms. The van der Waals surface area contributed by atoms with E-state index in [9.17, 15) is 17.6 Å². The van der Waals surface area contributed by atoms with Crippen LogP contribution in [0.2, 0.25) is 0 Å². The molecule has 1 aromatic heterocycles. The van der Waals surface area contributed by atoms with Crippen LogP contribution in [0.4, 0.5) is 4.39 Å². The number of halogens is 1. The molecule has 1 saturated heterocycles. The fraction of sp³-hybridized carbons (Fsp3) is 0.364. The molecular formula is C22H24FN3O4S2. The molecule has 0 radical (unpaired) electrons. The predicted molar refractivity (Wildman–Crippen MR) is 121 cm³/mol. The zero-order valence-electron chi connectivity index (χ0n) is 17.8. The first kappa shape index (κ1) is 22.6. The number of amides is 1. The van der Waals surface area contributed by atoms with Crippen molar-refractivity contribution in [3.8, 4) is 5.75 Å². The summed E-state index contributed by atoms with van der Waals surface area (Å²) in [5.41, 5.74) is 0.940. The quantitative estimate of drug-likeness (QED) is 0.544. The second-order valence-electron chi connectivity index (χ2n) is 7.37. The molecule has 1 fully saturated rings. The summed E-state index contributed by atoms with van der Waals surface area (Å²) in [6.07, 6.45) is 0.957. The normalized spacial score (nSPS) is 17.8. The summed E-state index contributed by atoms with van der Waals surface area (Å²) in [5.74, 6) is -0.268. The van der Waals surface area contributed by atoms with E-state index in [2.05, 4.69) is 4.99 Å². The predicted octanol–water partition coefficient (Wildman–Crippen LogP) is 3.54. The minimum absolute atomic E-state index is 0.0347. The molecule has 0 N–H and O–H groups in total. The lowest BCUT2D eigenvalue weighted by molar-refractivity contribution is -0.121. The number of carbonyl (C=O) groups excluding carboxylic acids is 1. The van der Waals surface area contributed by atoms with Gasteiger partial charge in [0.25, 0.3) is 5.91 Å². The number of aromatic nitrogens is 1. The van der Waals surface area contributed by atoms with Crippen LogP contribution < -0.4 is 9.54 Å². The Morgan fingerprint density at radius 3 is 2.66 bits per heavy atom. The van der Waals surface area contributed by atoms with Crippen molar-refractivity contribution in [2.75, 3.05) is 13.2 Å². The summed E-state index contributed by atoms with van der Waals surface area (Å²) in [5, 5.41) is 0. The fourth-order valence-corrected chi connectivity index (χ4v) is 6.67. The molecule has 32 heavy (non-hydrogen) atoms. The Hall–Kier alpha value is -2.56. The largest absolute Gasteiger partial charge is 0.494 e. The van der Waals surface area contributed by atoms with E-state index in [0.29, 0.717) is 30.8 Å². The summed E-state index contributed by atoms with van der Waals surface area (Å²) < 4.78 is 49.0. The highest BCUT2D eigenvalue weighted by atomic mass is 32.2. The van der Waals surface area contributed by atoms with E-state index in [1.165, 1.54) is 27.8 Å². The SMILES string of the molecule is CCOc1ccc2c(c1)sc(=NC(=O)C1CCCN1S(=O)(=O)c1ccc(F)cc1)n2CC. The van der Waals surface area contributed by atoms with E-state index in [1.807, 2.05) is 36.6 Å². The Morgan fingerprint density at radius 1 is 1.22 bits per heavy atom. The molecule has 1 atom stereocenters. The fourth-order valence-electron chi connectivity index (χ4n) is 3.89. The van der Waals surface area contributed by atoms with Gasteiger partial charge in [-0.15, -0.1) is 0 Å². The third kappa shape index (κ3) is 4.22. The molecule has 0 spiro atoms. The summed E-state index contributed by atoms with van der Waals surface area (Å²) in [6.45, 7) is 5.27. The van der Waals surface area contributed by atoms with Crippen molar-refractivity contribution >= 4 is 37.5 Å². The maximum absolute atomic E-state index is 13.2. The first-order valence-electron chi connectivity index (χ1n) is 10.5. The van der Waals surface area contributed by atoms with Crippen molar-refractivity contribution in [2.24, 2.45) is 4.99 Å². The van der Waals surface area contributed by atoms with Crippen molar-refractivity contribution in [3.63, 3.8) is 0 Å². The van der Waals surface area contributed by atoms with Gasteiger partial charge in [0.1, 0.15) is 17.6 Å². The van der Waals surface area contributed by atoms with Crippen LogP contribution in [0, 0.1) is 5.82 Å². The van der Waals surface area contributed by atoms with Gasteiger partial charge >= 0.3 is 0 Å². The van der Waals surface area contributed by atoms with Crippen molar-refractivity contribution in [1.82, 2.24) is 8.87 Å². The minimum atomic E-state index is -3.93. The summed E-state index contributed by atoms with van der Waals surface area (Å²) in [6, 6.07) is 9.49. The van der Waals surface area contributed by atoms with Gasteiger partial charge < -0.3 is 9.30 Å². The zero-order valence-corrected chi connectivity index (χ0v) is 19.5. The molecule has 7 nitrogen and oxygen atoms in total. The van der Waals surface area contributed by atoms with Gasteiger partial charge in [-0.3, -0.25) is 4.79 Å². The third-order valence-corrected chi connectivity index (χ3v) is 8.36. The van der Waals surface area contributed by atoms with E-state index in [4.69, 9.17) is 4.74 Å². The van der Waals surface area contributed by atoms with Gasteiger partial charge in [0.2, 0.25) is 10.0 Å². The molecule has 3 aromatic rings. The van der Waals surface area contributed by atoms with Crippen LogP contribution in [0.25, 0.3) is 10.2 Å². The number of hydrogen-bond donors (Lipinski definition) is 0. The average Bonchev–Trinajstić information content (AvgIpc) is 3.39. The van der Waals surface area contributed by atoms with Crippen LogP contribution in [-0.2, 0) is 21.4 Å². The van der Waals surface area contributed by atoms with Crippen LogP contribution in [0.5, 0.6) is 5.75 Å². The molecule has 0 aliphatic carbocycles. The summed E-state index contributed by atoms with van der Waals surface area (Å²) in [7, 11) is -3.93. The van der Waals surface area contributed by atoms with Gasteiger partial charge in [-0.1, -0.05) is 11.3 Å². The van der Waals surface area contributed by atoms with Gasteiger partial charge in [0.05, 0.1) is 21.7 Å². The lowest BCUT2D eigenvalue weighted by Crippen LogP contribution is -2.40. The molecule has 1 unspecified atom stereocenters. The highest BCUT2D eigenvalue weighted by Gasteiger charge is 2.39. The Labute approximate surface area is 189 Å². The molecule has 4 rings (SSSR count). The van der Waals surface area contributed by atoms with Crippen molar-refractivity contribution in [1.29, 1.82) is 0 Å². The maximum atomic E-state index is 13.2. The second-order valence-corrected chi connectivity index (χ2v) is 10.3. The van der Waals surface area contributed by atoms with Crippen LogP contribution in [0.1, 0.15) is 26.7 Å². The van der Waals surface area contributed by atoms with E-state index < -0.39 is 27.8 Å². The molecule has 2 aromatic carbocycles. The Kier molecular flexibility index (Phi) is 6.45. The monoisotopic (exact) mass is 477 g/mol. The van der Waals surface area contributed by atoms with E-state index in [0.717, 1.165) is 28.1 Å². The topological polar surface area (TPSA) is 81.0 Å². The molecule has 0 bridgehead atoms. The van der Waals surface area contributed by atoms with E-state index >= 15 is 0 Å². The molecule has 1 amide bonds. The van der Waals surface area contributed by atoms with Gasteiger partial charge in [-0.05, 0) is 69.2 Å². The average molecular weight is 478 g/mol. The van der Waals surface area contributed by atoms with Crippen LogP contribution in [0.15, 0.2) is 52.4 Å². The lowest BCUT2D eigenvalue weighted by Gasteiger charge is -2.21. The number of benzene rings is 2. The number of rotatable bonds is 6. The Balaban J connectivity index is 1.69. The highest BCUT2D eigenvalue weighted by molar-refractivity contribution is 7.89. The molecule has 1 aliphatic heterocycles. The van der Waals surface area contributed by atoms with Crippen molar-refractivity contribution in [3.05, 3.63) is 53.1 Å². The number of aryl methyl sites for hydroxylation is 1. The molecule has 1 aliphatic rings. The van der Waals surface area contributed by atoms with E-state index in [-0.39, 0.29) is 11.4 Å². The third-order valence-electron chi connectivity index (χ3n) is 5.40. The number of carbonyl (C=O) groups is 1. The van der Waals surface area contributed by atoms with Crippen molar-refractivity contribution in [2.45, 2.75) is 44.2 Å². The van der Waals surface area contributed by atoms with Gasteiger partial charge in [-0.25, -0.2) is 12.8 Å². The smallest absolute Gasteiger partial charge is 0.266 e. The van der Waals surface area contributed by atoms with Crippen LogP contribution in [0.3, 0.4) is 0 Å². The van der Waals surface area contributed by atoms with Gasteiger partial charge in [0, 0.05) is 13.1 Å². The first-order valence-corrected chi connectivity index (χ1v) is 12.7. The van der Waals surface area contributed by atoms with E-state index in [1.54, 1.807) is 0 Å². The maximum Gasteiger partial charge on any atom is 0.266 e. The summed E-state index contributed by atoms with van der Waals surface area (Å²) >= 11 is 1.37. The molecule has 170 valence electrons. The first-order chi connectivity index (χ1) is 15.3. The minimum Gasteiger partial charge on any atom is -0.494 e. The molecule has 2 heterocycles. The number of nitrogens with zero attached hydrogens (tertiary/aromatic N) is 3. The Bertz CT molecular complexity index is 1310. The number of ether oxygens (including phenoxy) is 1. The van der Waals surface area contributed by atoms with Crippen LogP contribution in [-0.4, -0.2) is 42.4 Å². The van der Waals surface area contributed by atoms with Gasteiger partial charge in [0.15, 0.2) is 4.80 Å². The number of fused-ring (bicyclic) bond motifs is 1. The number of thiazole rings is 1. The lowest BCUT2D eigenvalue weighted by atomic mass is 10.2. The van der Waals surface area contributed by atoms with Gasteiger partial charge in [-0.2, -0.15) is 9.30 Å². The Morgan fingerprint density at radius 2 is 1.97 bits per heavy atom. The zero-order chi connectivity index (χ0) is 22.9. The number of hydrogen-bond acceptors (Lipinski definition) is 5.